The zero-order valence-electron chi connectivity index (χ0n) is 28.5. The first kappa shape index (κ1) is 33.5. The van der Waals surface area contributed by atoms with E-state index in [1.165, 1.54) is 0 Å². The van der Waals surface area contributed by atoms with Gasteiger partial charge >= 0.3 is 0 Å². The molecule has 6 nitrogen and oxygen atoms in total. The molecule has 0 bridgehead atoms. The van der Waals surface area contributed by atoms with E-state index in [-0.39, 0.29) is 24.0 Å². The normalized spacial score (nSPS) is 13.3. The number of nitrogens with zero attached hydrogens (tertiary/aromatic N) is 2. The Hall–Kier alpha value is -5.36. The van der Waals surface area contributed by atoms with Crippen molar-refractivity contribution in [3.05, 3.63) is 155 Å². The third-order valence-corrected chi connectivity index (χ3v) is 9.06. The molecule has 0 saturated carbocycles. The third-order valence-electron chi connectivity index (χ3n) is 9.06. The average molecular weight is 653 g/mol. The number of rotatable bonds is 11. The van der Waals surface area contributed by atoms with Crippen LogP contribution in [0, 0.1) is 6.92 Å². The Morgan fingerprint density at radius 1 is 0.694 bits per heavy atom. The maximum atomic E-state index is 13.4. The molecule has 0 N–H and O–H groups in total. The average Bonchev–Trinajstić information content (AvgIpc) is 3.14. The smallest absolute Gasteiger partial charge is 0.254 e. The van der Waals surface area contributed by atoms with Crippen molar-refractivity contribution >= 4 is 11.8 Å². The van der Waals surface area contributed by atoms with Gasteiger partial charge in [0.2, 0.25) is 0 Å². The maximum Gasteiger partial charge on any atom is 0.254 e. The number of carbonyl (C=O) groups is 2. The number of aryl methyl sites for hydroxylation is 1. The molecule has 1 saturated heterocycles. The van der Waals surface area contributed by atoms with Crippen molar-refractivity contribution in [1.29, 1.82) is 0 Å². The number of hydrogen-bond acceptors (Lipinski definition) is 4. The predicted octanol–water partition coefficient (Wildman–Crippen LogP) is 8.98. The minimum atomic E-state index is 0.0290. The van der Waals surface area contributed by atoms with Gasteiger partial charge in [0.1, 0.15) is 24.2 Å². The molecule has 0 spiro atoms. The van der Waals surface area contributed by atoms with Crippen LogP contribution in [0.1, 0.15) is 64.1 Å². The van der Waals surface area contributed by atoms with E-state index in [1.54, 1.807) is 0 Å². The summed E-state index contributed by atoms with van der Waals surface area (Å²) < 4.78 is 12.3. The van der Waals surface area contributed by atoms with Gasteiger partial charge in [0.25, 0.3) is 11.8 Å². The molecule has 1 aliphatic rings. The Labute approximate surface area is 289 Å². The minimum Gasteiger partial charge on any atom is -0.490 e. The number of likely N-dealkylation sites (tertiary alicyclic amines) is 1. The van der Waals surface area contributed by atoms with Crippen LogP contribution in [0.2, 0.25) is 0 Å². The summed E-state index contributed by atoms with van der Waals surface area (Å²) in [4.78, 5) is 30.0. The number of amides is 2. The Kier molecular flexibility index (Phi) is 10.7. The summed E-state index contributed by atoms with van der Waals surface area (Å²) in [5.74, 6) is 1.74. The van der Waals surface area contributed by atoms with Crippen LogP contribution >= 0.6 is 0 Å². The van der Waals surface area contributed by atoms with Gasteiger partial charge < -0.3 is 19.3 Å². The van der Waals surface area contributed by atoms with Gasteiger partial charge in [0.05, 0.1) is 0 Å². The highest BCUT2D eigenvalue weighted by Crippen LogP contribution is 2.25. The van der Waals surface area contributed by atoms with E-state index in [0.29, 0.717) is 31.8 Å². The summed E-state index contributed by atoms with van der Waals surface area (Å²) in [6, 6.07) is 41.8. The number of carbonyl (C=O) groups excluding carboxylic acids is 2. The van der Waals surface area contributed by atoms with E-state index in [4.69, 9.17) is 9.47 Å². The van der Waals surface area contributed by atoms with E-state index in [1.807, 2.05) is 146 Å². The van der Waals surface area contributed by atoms with Gasteiger partial charge in [-0.3, -0.25) is 9.59 Å². The van der Waals surface area contributed by atoms with Crippen LogP contribution < -0.4 is 9.47 Å². The van der Waals surface area contributed by atoms with Gasteiger partial charge in [-0.15, -0.1) is 0 Å². The molecule has 250 valence electrons. The van der Waals surface area contributed by atoms with Crippen molar-refractivity contribution in [2.75, 3.05) is 13.1 Å². The molecule has 5 aromatic rings. The predicted molar refractivity (Wildman–Crippen MR) is 195 cm³/mol. The lowest BCUT2D eigenvalue weighted by atomic mass is 10.0. The molecular formula is C43H44N2O4. The Morgan fingerprint density at radius 2 is 1.27 bits per heavy atom. The van der Waals surface area contributed by atoms with Crippen molar-refractivity contribution in [1.82, 2.24) is 9.80 Å². The molecule has 6 rings (SSSR count). The van der Waals surface area contributed by atoms with E-state index in [2.05, 4.69) is 12.1 Å². The molecule has 0 aromatic heterocycles. The van der Waals surface area contributed by atoms with Crippen LogP contribution in [0.5, 0.6) is 11.5 Å². The van der Waals surface area contributed by atoms with Gasteiger partial charge in [-0.05, 0) is 91.6 Å². The molecule has 5 aromatic carbocycles. The monoisotopic (exact) mass is 652 g/mol. The van der Waals surface area contributed by atoms with E-state index < -0.39 is 0 Å². The summed E-state index contributed by atoms with van der Waals surface area (Å²) in [5.41, 5.74) is 6.85. The first-order valence-corrected chi connectivity index (χ1v) is 17.1. The number of hydrogen-bond donors (Lipinski definition) is 0. The lowest BCUT2D eigenvalue weighted by molar-refractivity contribution is 0.0595. The van der Waals surface area contributed by atoms with Crippen LogP contribution in [0.3, 0.4) is 0 Å². The van der Waals surface area contributed by atoms with Gasteiger partial charge in [0, 0.05) is 49.6 Å². The van der Waals surface area contributed by atoms with Crippen molar-refractivity contribution < 1.29 is 19.1 Å². The highest BCUT2D eigenvalue weighted by molar-refractivity contribution is 5.95. The fourth-order valence-corrected chi connectivity index (χ4v) is 6.06. The van der Waals surface area contributed by atoms with E-state index >= 15 is 0 Å². The summed E-state index contributed by atoms with van der Waals surface area (Å²) in [6.45, 7) is 8.54. The first-order valence-electron chi connectivity index (χ1n) is 17.1. The zero-order chi connectivity index (χ0) is 34.2. The summed E-state index contributed by atoms with van der Waals surface area (Å²) in [6.07, 6.45) is 1.71. The van der Waals surface area contributed by atoms with Crippen molar-refractivity contribution in [2.45, 2.75) is 58.9 Å². The summed E-state index contributed by atoms with van der Waals surface area (Å²) >= 11 is 0. The van der Waals surface area contributed by atoms with Gasteiger partial charge in [-0.2, -0.15) is 0 Å². The molecule has 0 radical (unpaired) electrons. The molecule has 1 heterocycles. The molecule has 49 heavy (non-hydrogen) atoms. The maximum absolute atomic E-state index is 13.4. The highest BCUT2D eigenvalue weighted by Gasteiger charge is 2.25. The fraction of sp³-hybridized carbons (Fsp3) is 0.256. The molecule has 6 heteroatoms. The lowest BCUT2D eigenvalue weighted by Crippen LogP contribution is -2.41. The highest BCUT2D eigenvalue weighted by atomic mass is 16.5. The van der Waals surface area contributed by atoms with Crippen molar-refractivity contribution in [3.8, 4) is 22.6 Å². The first-order chi connectivity index (χ1) is 23.8. The van der Waals surface area contributed by atoms with Gasteiger partial charge in [-0.25, -0.2) is 0 Å². The number of ether oxygens (including phenoxy) is 2. The standard InChI is InChI=1S/C43H44N2O4/c1-31(2)45(29-33-7-5-4-6-8-33)43(47)38-17-15-35(16-18-38)36-19-23-39(24-20-36)48-30-34-11-21-40(22-12-34)49-41-25-27-44(28-26-41)42(46)37-13-9-32(3)10-14-37/h4-24,31,41H,25-30H2,1-3H3. The third kappa shape index (κ3) is 8.76. The molecule has 0 atom stereocenters. The summed E-state index contributed by atoms with van der Waals surface area (Å²) in [5, 5.41) is 0. The van der Waals surface area contributed by atoms with Crippen LogP contribution in [0.4, 0.5) is 0 Å². The van der Waals surface area contributed by atoms with Gasteiger partial charge in [0.15, 0.2) is 0 Å². The van der Waals surface area contributed by atoms with Crippen molar-refractivity contribution in [2.24, 2.45) is 0 Å². The second kappa shape index (κ2) is 15.7. The largest absolute Gasteiger partial charge is 0.490 e. The summed E-state index contributed by atoms with van der Waals surface area (Å²) in [7, 11) is 0. The zero-order valence-corrected chi connectivity index (χ0v) is 28.5. The molecule has 1 fully saturated rings. The molecular weight excluding hydrogens is 608 g/mol. The fourth-order valence-electron chi connectivity index (χ4n) is 6.06. The number of piperidine rings is 1. The molecule has 0 unspecified atom stereocenters. The lowest BCUT2D eigenvalue weighted by Gasteiger charge is -2.32. The van der Waals surface area contributed by atoms with Crippen LogP contribution in [-0.2, 0) is 13.2 Å². The topological polar surface area (TPSA) is 59.1 Å². The van der Waals surface area contributed by atoms with Crippen molar-refractivity contribution in [3.63, 3.8) is 0 Å². The van der Waals surface area contributed by atoms with Gasteiger partial charge in [-0.1, -0.05) is 84.4 Å². The second-order valence-corrected chi connectivity index (χ2v) is 13.0. The number of benzene rings is 5. The Bertz CT molecular complexity index is 1810. The van der Waals surface area contributed by atoms with Crippen LogP contribution in [0.15, 0.2) is 127 Å². The molecule has 0 aliphatic carbocycles. The van der Waals surface area contributed by atoms with Crippen LogP contribution in [0.25, 0.3) is 11.1 Å². The molecule has 2 amide bonds. The SMILES string of the molecule is Cc1ccc(C(=O)N2CCC(Oc3ccc(COc4ccc(-c5ccc(C(=O)N(Cc6ccccc6)C(C)C)cc5)cc4)cc3)CC2)cc1. The van der Waals surface area contributed by atoms with Crippen LogP contribution in [-0.4, -0.2) is 46.8 Å². The van der Waals surface area contributed by atoms with E-state index in [0.717, 1.165) is 57.7 Å². The quantitative estimate of drug-likeness (QED) is 0.143. The Morgan fingerprint density at radius 3 is 1.88 bits per heavy atom. The van der Waals surface area contributed by atoms with E-state index in [9.17, 15) is 9.59 Å². The second-order valence-electron chi connectivity index (χ2n) is 13.0. The molecule has 1 aliphatic heterocycles. The minimum absolute atomic E-state index is 0.0290. The Balaban J connectivity index is 0.963.